The van der Waals surface area contributed by atoms with Gasteiger partial charge in [-0.05, 0) is 24.2 Å². The van der Waals surface area contributed by atoms with Crippen LogP contribution in [0.15, 0.2) is 24.3 Å². The third-order valence-electron chi connectivity index (χ3n) is 3.47. The molecule has 1 heteroatoms. The smallest absolute Gasteiger partial charge is 0.0608 e. The summed E-state index contributed by atoms with van der Waals surface area (Å²) in [6.07, 6.45) is 9.70. The molecule has 0 aromatic heterocycles. The molecule has 5 unspecified atom stereocenters. The van der Waals surface area contributed by atoms with Gasteiger partial charge in [-0.3, -0.25) is 0 Å². The van der Waals surface area contributed by atoms with Gasteiger partial charge in [-0.25, -0.2) is 0 Å². The molecular formula is C10H12O. The molecule has 2 fully saturated rings. The molecule has 0 aromatic carbocycles. The van der Waals surface area contributed by atoms with Crippen molar-refractivity contribution in [2.75, 3.05) is 0 Å². The predicted octanol–water partition coefficient (Wildman–Crippen LogP) is 1.36. The first-order valence-electron chi connectivity index (χ1n) is 4.41. The van der Waals surface area contributed by atoms with Crippen LogP contribution in [0.3, 0.4) is 0 Å². The Labute approximate surface area is 66.4 Å². The number of hydrogen-bond donors (Lipinski definition) is 1. The highest BCUT2D eigenvalue weighted by Gasteiger charge is 2.59. The second-order valence-corrected chi connectivity index (χ2v) is 3.97. The summed E-state index contributed by atoms with van der Waals surface area (Å²) in [6.45, 7) is 0. The van der Waals surface area contributed by atoms with Gasteiger partial charge in [0.2, 0.25) is 0 Å². The number of hydrogen-bond acceptors (Lipinski definition) is 1. The topological polar surface area (TPSA) is 20.2 Å². The second-order valence-electron chi connectivity index (χ2n) is 3.97. The Bertz CT molecular complexity index is 241. The summed E-state index contributed by atoms with van der Waals surface area (Å²) >= 11 is 0. The van der Waals surface area contributed by atoms with E-state index in [-0.39, 0.29) is 6.10 Å². The second kappa shape index (κ2) is 1.78. The third kappa shape index (κ3) is 0.646. The summed E-state index contributed by atoms with van der Waals surface area (Å²) in [5.41, 5.74) is 0. The Morgan fingerprint density at radius 1 is 1.09 bits per heavy atom. The van der Waals surface area contributed by atoms with Gasteiger partial charge in [0, 0.05) is 5.92 Å². The lowest BCUT2D eigenvalue weighted by Gasteiger charge is -2.13. The zero-order valence-electron chi connectivity index (χ0n) is 6.35. The molecule has 58 valence electrons. The number of aliphatic hydroxyl groups is 1. The SMILES string of the molecule is OC1CC2C3C=CC=CC1C32. The molecule has 0 heterocycles. The molecule has 1 nitrogen and oxygen atoms in total. The lowest BCUT2D eigenvalue weighted by atomic mass is 9.98. The molecule has 0 aromatic rings. The maximum atomic E-state index is 9.59. The van der Waals surface area contributed by atoms with Crippen molar-refractivity contribution in [2.24, 2.45) is 23.7 Å². The van der Waals surface area contributed by atoms with E-state index in [0.29, 0.717) is 5.92 Å². The van der Waals surface area contributed by atoms with Gasteiger partial charge in [0.05, 0.1) is 6.10 Å². The Balaban J connectivity index is 1.98. The summed E-state index contributed by atoms with van der Waals surface area (Å²) in [6, 6.07) is 0. The van der Waals surface area contributed by atoms with Crippen LogP contribution >= 0.6 is 0 Å². The van der Waals surface area contributed by atoms with E-state index in [1.165, 1.54) is 0 Å². The van der Waals surface area contributed by atoms with Crippen molar-refractivity contribution in [2.45, 2.75) is 12.5 Å². The Morgan fingerprint density at radius 2 is 1.82 bits per heavy atom. The molecule has 1 N–H and O–H groups in total. The molecule has 5 atom stereocenters. The summed E-state index contributed by atoms with van der Waals surface area (Å²) < 4.78 is 0. The molecule has 3 rings (SSSR count). The van der Waals surface area contributed by atoms with Gasteiger partial charge in [-0.2, -0.15) is 0 Å². The monoisotopic (exact) mass is 148 g/mol. The van der Waals surface area contributed by atoms with Gasteiger partial charge in [-0.1, -0.05) is 24.3 Å². The molecule has 0 aliphatic heterocycles. The largest absolute Gasteiger partial charge is 0.392 e. The van der Waals surface area contributed by atoms with Crippen LogP contribution in [0.5, 0.6) is 0 Å². The van der Waals surface area contributed by atoms with E-state index in [9.17, 15) is 5.11 Å². The standard InChI is InChI=1S/C10H12O/c11-9-5-8-6-3-1-2-4-7(9)10(6)8/h1-4,6-11H,5H2. The summed E-state index contributed by atoms with van der Waals surface area (Å²) in [4.78, 5) is 0. The first-order chi connectivity index (χ1) is 5.38. The van der Waals surface area contributed by atoms with Crippen molar-refractivity contribution in [1.82, 2.24) is 0 Å². The van der Waals surface area contributed by atoms with E-state index < -0.39 is 0 Å². The molecule has 0 spiro atoms. The lowest BCUT2D eigenvalue weighted by Crippen LogP contribution is -2.16. The van der Waals surface area contributed by atoms with E-state index in [1.807, 2.05) is 0 Å². The Kier molecular flexibility index (Phi) is 0.972. The quantitative estimate of drug-likeness (QED) is 0.550. The Hall–Kier alpha value is -0.560. The van der Waals surface area contributed by atoms with Crippen molar-refractivity contribution >= 4 is 0 Å². The minimum Gasteiger partial charge on any atom is -0.392 e. The van der Waals surface area contributed by atoms with Gasteiger partial charge in [-0.15, -0.1) is 0 Å². The summed E-state index contributed by atoms with van der Waals surface area (Å²) in [5, 5.41) is 9.59. The molecule has 11 heavy (non-hydrogen) atoms. The fourth-order valence-corrected chi connectivity index (χ4v) is 2.89. The van der Waals surface area contributed by atoms with E-state index in [0.717, 1.165) is 24.2 Å². The van der Waals surface area contributed by atoms with E-state index in [2.05, 4.69) is 24.3 Å². The van der Waals surface area contributed by atoms with E-state index in [4.69, 9.17) is 0 Å². The molecular weight excluding hydrogens is 136 g/mol. The van der Waals surface area contributed by atoms with Gasteiger partial charge < -0.3 is 5.11 Å². The molecule has 0 bridgehead atoms. The zero-order valence-corrected chi connectivity index (χ0v) is 6.35. The minimum absolute atomic E-state index is 0.0441. The third-order valence-corrected chi connectivity index (χ3v) is 3.47. The van der Waals surface area contributed by atoms with Gasteiger partial charge >= 0.3 is 0 Å². The van der Waals surface area contributed by atoms with Crippen molar-refractivity contribution in [1.29, 1.82) is 0 Å². The molecule has 0 amide bonds. The van der Waals surface area contributed by atoms with Crippen molar-refractivity contribution in [3.8, 4) is 0 Å². The van der Waals surface area contributed by atoms with Crippen LogP contribution in [0.4, 0.5) is 0 Å². The normalized spacial score (nSPS) is 57.4. The maximum absolute atomic E-state index is 9.59. The van der Waals surface area contributed by atoms with Crippen molar-refractivity contribution in [3.63, 3.8) is 0 Å². The molecule has 0 saturated heterocycles. The number of allylic oxidation sites excluding steroid dienone is 3. The highest BCUT2D eigenvalue weighted by Crippen LogP contribution is 2.62. The first kappa shape index (κ1) is 6.01. The van der Waals surface area contributed by atoms with Gasteiger partial charge in [0.15, 0.2) is 0 Å². The van der Waals surface area contributed by atoms with E-state index >= 15 is 0 Å². The zero-order chi connectivity index (χ0) is 7.42. The fourth-order valence-electron chi connectivity index (χ4n) is 2.89. The van der Waals surface area contributed by atoms with Crippen molar-refractivity contribution in [3.05, 3.63) is 24.3 Å². The van der Waals surface area contributed by atoms with E-state index in [1.54, 1.807) is 0 Å². The van der Waals surface area contributed by atoms with Crippen molar-refractivity contribution < 1.29 is 5.11 Å². The molecule has 3 aliphatic rings. The minimum atomic E-state index is -0.0441. The summed E-state index contributed by atoms with van der Waals surface area (Å²) in [7, 11) is 0. The highest BCUT2D eigenvalue weighted by molar-refractivity contribution is 5.25. The predicted molar refractivity (Wildman–Crippen MR) is 42.9 cm³/mol. The summed E-state index contributed by atoms with van der Waals surface area (Å²) in [5.74, 6) is 2.88. The van der Waals surface area contributed by atoms with Crippen LogP contribution in [0, 0.1) is 23.7 Å². The first-order valence-corrected chi connectivity index (χ1v) is 4.41. The number of fused-ring (bicyclic) bond motifs is 1. The maximum Gasteiger partial charge on any atom is 0.0608 e. The van der Waals surface area contributed by atoms with Crippen LogP contribution in [0.1, 0.15) is 6.42 Å². The average Bonchev–Trinajstić information content (AvgIpc) is 2.58. The molecule has 2 saturated carbocycles. The molecule has 3 aliphatic carbocycles. The van der Waals surface area contributed by atoms with Crippen LogP contribution in [0.25, 0.3) is 0 Å². The van der Waals surface area contributed by atoms with Crippen LogP contribution < -0.4 is 0 Å². The van der Waals surface area contributed by atoms with Crippen LogP contribution in [-0.4, -0.2) is 11.2 Å². The van der Waals surface area contributed by atoms with Gasteiger partial charge in [0.1, 0.15) is 0 Å². The van der Waals surface area contributed by atoms with Gasteiger partial charge in [0.25, 0.3) is 0 Å². The van der Waals surface area contributed by atoms with Crippen LogP contribution in [0.2, 0.25) is 0 Å². The molecule has 0 radical (unpaired) electrons. The fraction of sp³-hybridized carbons (Fsp3) is 0.600. The van der Waals surface area contributed by atoms with Crippen LogP contribution in [-0.2, 0) is 0 Å². The number of rotatable bonds is 0. The highest BCUT2D eigenvalue weighted by atomic mass is 16.3. The number of aliphatic hydroxyl groups excluding tert-OH is 1. The lowest BCUT2D eigenvalue weighted by molar-refractivity contribution is 0.131. The Morgan fingerprint density at radius 3 is 2.64 bits per heavy atom. The average molecular weight is 148 g/mol.